The number of carbonyl (C=O) groups excluding carboxylic acids is 3. The summed E-state index contributed by atoms with van der Waals surface area (Å²) in [6, 6.07) is 13.9. The summed E-state index contributed by atoms with van der Waals surface area (Å²) in [5.74, 6) is 1.34. The van der Waals surface area contributed by atoms with Crippen LogP contribution in [0.5, 0.6) is 17.2 Å². The number of aromatic nitrogens is 3. The van der Waals surface area contributed by atoms with Crippen molar-refractivity contribution in [2.24, 2.45) is 5.92 Å². The van der Waals surface area contributed by atoms with Crippen LogP contribution >= 0.6 is 0 Å². The first-order chi connectivity index (χ1) is 21.7. The van der Waals surface area contributed by atoms with Gasteiger partial charge in [0.1, 0.15) is 22.9 Å². The van der Waals surface area contributed by atoms with Crippen LogP contribution < -0.4 is 14.8 Å². The van der Waals surface area contributed by atoms with Gasteiger partial charge >= 0.3 is 0 Å². The average Bonchev–Trinajstić information content (AvgIpc) is 3.47. The summed E-state index contributed by atoms with van der Waals surface area (Å²) in [4.78, 5) is 51.8. The summed E-state index contributed by atoms with van der Waals surface area (Å²) in [5.41, 5.74) is 1.48. The third-order valence-corrected chi connectivity index (χ3v) is 7.68. The molecule has 1 N–H and O–H groups in total. The van der Waals surface area contributed by atoms with Crippen LogP contribution in [-0.4, -0.2) is 87.3 Å². The molecule has 0 aliphatic carbocycles. The van der Waals surface area contributed by atoms with E-state index in [9.17, 15) is 14.4 Å². The maximum atomic E-state index is 13.5. The zero-order valence-corrected chi connectivity index (χ0v) is 25.5. The lowest BCUT2D eigenvalue weighted by Gasteiger charge is -2.38. The van der Waals surface area contributed by atoms with Crippen molar-refractivity contribution in [3.8, 4) is 17.2 Å². The number of nitrogens with zero attached hydrogens (tertiary/aromatic N) is 5. The molecule has 3 amide bonds. The number of likely N-dealkylation sites (N-methyl/N-ethyl adjacent to an activating group) is 1. The molecule has 1 saturated heterocycles. The van der Waals surface area contributed by atoms with Crippen molar-refractivity contribution in [3.05, 3.63) is 83.9 Å². The minimum absolute atomic E-state index is 0.161. The maximum absolute atomic E-state index is 13.5. The number of hydrogen-bond acceptors (Lipinski definition) is 8. The van der Waals surface area contributed by atoms with Crippen LogP contribution in [0.1, 0.15) is 46.7 Å². The molecule has 6 rings (SSSR count). The second-order valence-electron chi connectivity index (χ2n) is 11.8. The van der Waals surface area contributed by atoms with E-state index in [-0.39, 0.29) is 49.2 Å². The van der Waals surface area contributed by atoms with Gasteiger partial charge in [0, 0.05) is 50.4 Å². The Kier molecular flexibility index (Phi) is 8.65. The first-order valence-corrected chi connectivity index (χ1v) is 15.0. The molecule has 2 aliphatic heterocycles. The van der Waals surface area contributed by atoms with Crippen molar-refractivity contribution < 1.29 is 28.6 Å². The minimum atomic E-state index is -0.506. The topological polar surface area (TPSA) is 128 Å². The molecule has 2 atom stereocenters. The van der Waals surface area contributed by atoms with Gasteiger partial charge < -0.3 is 29.3 Å². The van der Waals surface area contributed by atoms with Gasteiger partial charge in [0.15, 0.2) is 0 Å². The molecule has 2 aromatic heterocycles. The van der Waals surface area contributed by atoms with Gasteiger partial charge in [-0.3, -0.25) is 18.8 Å². The molecule has 12 heteroatoms. The molecule has 0 radical (unpaired) electrons. The van der Waals surface area contributed by atoms with Crippen molar-refractivity contribution >= 4 is 23.5 Å². The zero-order valence-electron chi connectivity index (χ0n) is 25.5. The Labute approximate surface area is 260 Å². The van der Waals surface area contributed by atoms with Crippen LogP contribution in [0.15, 0.2) is 67.1 Å². The number of hydrogen-bond donors (Lipinski definition) is 1. The van der Waals surface area contributed by atoms with Gasteiger partial charge in [-0.2, -0.15) is 0 Å². The fourth-order valence-electron chi connectivity index (χ4n) is 5.43. The Morgan fingerprint density at radius 3 is 2.82 bits per heavy atom. The molecule has 2 aliphatic rings. The highest BCUT2D eigenvalue weighted by molar-refractivity contribution is 5.97. The highest BCUT2D eigenvalue weighted by Crippen LogP contribution is 2.30. The van der Waals surface area contributed by atoms with Crippen molar-refractivity contribution in [1.82, 2.24) is 29.5 Å². The van der Waals surface area contributed by atoms with Gasteiger partial charge in [-0.05, 0) is 48.2 Å². The monoisotopic (exact) mass is 612 g/mol. The Bertz CT molecular complexity index is 1690. The molecule has 4 aromatic rings. The molecule has 0 unspecified atom stereocenters. The molecule has 1 fully saturated rings. The van der Waals surface area contributed by atoms with Crippen LogP contribution in [0.4, 0.5) is 0 Å². The summed E-state index contributed by atoms with van der Waals surface area (Å²) >= 11 is 0. The first kappa shape index (κ1) is 30.1. The van der Waals surface area contributed by atoms with Crippen LogP contribution in [-0.2, 0) is 16.1 Å². The van der Waals surface area contributed by atoms with E-state index in [2.05, 4.69) is 15.3 Å². The zero-order chi connectivity index (χ0) is 31.5. The molecule has 0 saturated carbocycles. The first-order valence-electron chi connectivity index (χ1n) is 15.0. The molecular weight excluding hydrogens is 576 g/mol. The third kappa shape index (κ3) is 7.07. The molecule has 2 aromatic carbocycles. The number of piperidine rings is 1. The third-order valence-electron chi connectivity index (χ3n) is 7.68. The minimum Gasteiger partial charge on any atom is -0.493 e. The standard InChI is InChI=1S/C33H36N6O6/c1-21(2)19-43-25-13-23-14-26(15-25)45-24-7-4-6-22(12-24)20-44-29-17-38(11-8-27(29)35-30(40)18-37(3)31(23)41)32(42)28-16-39-10-5-9-34-33(39)36-28/h4-7,9-10,12-16,21,27,29H,8,11,17-20H2,1-3H3,(H,35,40)/t27-,29-/m0/s1. The lowest BCUT2D eigenvalue weighted by molar-refractivity contribution is -0.124. The van der Waals surface area contributed by atoms with E-state index in [1.165, 1.54) is 4.90 Å². The van der Waals surface area contributed by atoms with Gasteiger partial charge in [-0.1, -0.05) is 26.0 Å². The number of imidazole rings is 1. The number of carbonyl (C=O) groups is 3. The molecule has 12 nitrogen and oxygen atoms in total. The molecule has 4 heterocycles. The van der Waals surface area contributed by atoms with E-state index in [0.717, 1.165) is 5.56 Å². The molecule has 234 valence electrons. The second kappa shape index (κ2) is 12.9. The lowest BCUT2D eigenvalue weighted by Crippen LogP contribution is -2.57. The molecular formula is C33H36N6O6. The molecule has 45 heavy (non-hydrogen) atoms. The summed E-state index contributed by atoms with van der Waals surface area (Å²) in [5, 5.41) is 3.06. The van der Waals surface area contributed by atoms with E-state index in [1.807, 2.05) is 38.1 Å². The van der Waals surface area contributed by atoms with Crippen molar-refractivity contribution in [3.63, 3.8) is 0 Å². The van der Waals surface area contributed by atoms with Gasteiger partial charge in [0.2, 0.25) is 11.7 Å². The van der Waals surface area contributed by atoms with E-state index < -0.39 is 6.10 Å². The lowest BCUT2D eigenvalue weighted by atomic mass is 10.0. The predicted molar refractivity (Wildman–Crippen MR) is 164 cm³/mol. The summed E-state index contributed by atoms with van der Waals surface area (Å²) in [6.45, 7) is 5.28. The normalized spacial score (nSPS) is 19.2. The Morgan fingerprint density at radius 2 is 2.00 bits per heavy atom. The van der Waals surface area contributed by atoms with Crippen molar-refractivity contribution in [2.45, 2.75) is 39.0 Å². The van der Waals surface area contributed by atoms with Crippen molar-refractivity contribution in [2.75, 3.05) is 33.3 Å². The number of likely N-dealkylation sites (tertiary alicyclic amines) is 1. The van der Waals surface area contributed by atoms with E-state index in [1.54, 1.807) is 59.2 Å². The number of fused-ring (bicyclic) bond motifs is 6. The number of rotatable bonds is 4. The Morgan fingerprint density at radius 1 is 1.13 bits per heavy atom. The largest absolute Gasteiger partial charge is 0.493 e. The number of nitrogens with one attached hydrogen (secondary N) is 1. The number of ether oxygens (including phenoxy) is 3. The van der Waals surface area contributed by atoms with Crippen LogP contribution in [0.2, 0.25) is 0 Å². The molecule has 4 bridgehead atoms. The predicted octanol–water partition coefficient (Wildman–Crippen LogP) is 3.56. The van der Waals surface area contributed by atoms with Crippen molar-refractivity contribution in [1.29, 1.82) is 0 Å². The second-order valence-corrected chi connectivity index (χ2v) is 11.8. The SMILES string of the molecule is CC(C)COc1cc2cc(c1)C(=O)N(C)CC(=O)N[C@H]1CCN(C(=O)c3cn4cccnc4n3)C[C@@H]1OCc1cccc(c1)O2. The number of amides is 3. The summed E-state index contributed by atoms with van der Waals surface area (Å²) < 4.78 is 20.2. The average molecular weight is 613 g/mol. The van der Waals surface area contributed by atoms with Gasteiger partial charge in [0.05, 0.1) is 31.9 Å². The van der Waals surface area contributed by atoms with Gasteiger partial charge in [0.25, 0.3) is 11.8 Å². The quantitative estimate of drug-likeness (QED) is 0.371. The van der Waals surface area contributed by atoms with E-state index in [0.29, 0.717) is 54.1 Å². The van der Waals surface area contributed by atoms with E-state index in [4.69, 9.17) is 14.2 Å². The summed E-state index contributed by atoms with van der Waals surface area (Å²) in [6.07, 6.45) is 5.03. The smallest absolute Gasteiger partial charge is 0.274 e. The van der Waals surface area contributed by atoms with Gasteiger partial charge in [-0.25, -0.2) is 9.97 Å². The van der Waals surface area contributed by atoms with Crippen LogP contribution in [0.3, 0.4) is 0 Å². The summed E-state index contributed by atoms with van der Waals surface area (Å²) in [7, 11) is 1.58. The van der Waals surface area contributed by atoms with Crippen LogP contribution in [0, 0.1) is 5.92 Å². The number of benzene rings is 2. The highest BCUT2D eigenvalue weighted by atomic mass is 16.5. The Hall–Kier alpha value is -4.97. The highest BCUT2D eigenvalue weighted by Gasteiger charge is 2.35. The fourth-order valence-corrected chi connectivity index (χ4v) is 5.43. The van der Waals surface area contributed by atoms with E-state index >= 15 is 0 Å². The Balaban J connectivity index is 1.26. The van der Waals surface area contributed by atoms with Crippen LogP contribution in [0.25, 0.3) is 5.78 Å². The maximum Gasteiger partial charge on any atom is 0.274 e. The van der Waals surface area contributed by atoms with Gasteiger partial charge in [-0.15, -0.1) is 0 Å². The fraction of sp³-hybridized carbons (Fsp3) is 0.364. The molecule has 0 spiro atoms.